The van der Waals surface area contributed by atoms with E-state index in [0.717, 1.165) is 44.9 Å². The highest BCUT2D eigenvalue weighted by Gasteiger charge is 2.49. The maximum absolute atomic E-state index is 14.5. The van der Waals surface area contributed by atoms with Crippen LogP contribution in [-0.4, -0.2) is 89.0 Å². The summed E-state index contributed by atoms with van der Waals surface area (Å²) in [6, 6.07) is -4.42. The van der Waals surface area contributed by atoms with Crippen LogP contribution in [0.15, 0.2) is 0 Å². The fourth-order valence-electron chi connectivity index (χ4n) is 6.98. The van der Waals surface area contributed by atoms with Crippen LogP contribution in [0.2, 0.25) is 0 Å². The van der Waals surface area contributed by atoms with Crippen molar-refractivity contribution in [2.75, 3.05) is 19.6 Å². The van der Waals surface area contributed by atoms with Crippen LogP contribution in [-0.2, 0) is 24.0 Å². The third kappa shape index (κ3) is 9.71. The molecule has 0 aromatic carbocycles. The van der Waals surface area contributed by atoms with Gasteiger partial charge in [-0.15, -0.1) is 0 Å². The van der Waals surface area contributed by atoms with Gasteiger partial charge in [-0.25, -0.2) is 4.79 Å². The summed E-state index contributed by atoms with van der Waals surface area (Å²) < 4.78 is 0. The van der Waals surface area contributed by atoms with Crippen LogP contribution in [0, 0.1) is 28.1 Å². The quantitative estimate of drug-likeness (QED) is 0.231. The summed E-state index contributed by atoms with van der Waals surface area (Å²) in [5, 5.41) is 8.56. The minimum Gasteiger partial charge on any atom is -0.363 e. The normalized spacial score (nSPS) is 22.6. The highest BCUT2D eigenvalue weighted by molar-refractivity contribution is 6.37. The summed E-state index contributed by atoms with van der Waals surface area (Å²) in [5.74, 6) is -2.81. The topological polar surface area (TPSA) is 171 Å². The maximum atomic E-state index is 14.5. The van der Waals surface area contributed by atoms with Gasteiger partial charge < -0.3 is 31.5 Å². The van der Waals surface area contributed by atoms with Gasteiger partial charge in [-0.05, 0) is 60.2 Å². The Bertz CT molecular complexity index is 1210. The monoisotopic (exact) mass is 674 g/mol. The van der Waals surface area contributed by atoms with Crippen molar-refractivity contribution in [1.82, 2.24) is 25.8 Å². The van der Waals surface area contributed by atoms with Gasteiger partial charge in [-0.3, -0.25) is 24.0 Å². The number of Topliss-reactive ketones (excluding diaryl/α,β-unsaturated/α-hetero) is 1. The molecule has 12 nitrogen and oxygen atoms in total. The SMILES string of the molecule is CCC(C)(C)[C@@H]1C[C@@H](C(=O)NC(CC2CCC2)C(=O)C(N)=O)N(C(=O)[C@@H](NC(=O)N[C@H](C(=O)N2CCCCC2)C(C)(C)C)C(C)(C)C)C1. The van der Waals surface area contributed by atoms with Gasteiger partial charge in [0.2, 0.25) is 23.5 Å². The highest BCUT2D eigenvalue weighted by atomic mass is 16.2. The van der Waals surface area contributed by atoms with E-state index in [2.05, 4.69) is 36.7 Å². The molecule has 6 amide bonds. The number of rotatable bonds is 12. The van der Waals surface area contributed by atoms with E-state index < -0.39 is 64.5 Å². The number of amides is 6. The number of nitrogens with one attached hydrogen (secondary N) is 3. The Morgan fingerprint density at radius 2 is 1.31 bits per heavy atom. The minimum atomic E-state index is -1.10. The molecule has 1 saturated carbocycles. The van der Waals surface area contributed by atoms with Crippen molar-refractivity contribution in [2.24, 2.45) is 33.8 Å². The average Bonchev–Trinajstić information content (AvgIpc) is 3.45. The highest BCUT2D eigenvalue weighted by Crippen LogP contribution is 2.41. The third-order valence-corrected chi connectivity index (χ3v) is 11.0. The van der Waals surface area contributed by atoms with Gasteiger partial charge in [-0.1, -0.05) is 88.0 Å². The number of primary amides is 1. The Labute approximate surface area is 287 Å². The van der Waals surface area contributed by atoms with Gasteiger partial charge in [0.1, 0.15) is 18.1 Å². The smallest absolute Gasteiger partial charge is 0.316 e. The Kier molecular flexibility index (Phi) is 12.7. The number of hydrogen-bond donors (Lipinski definition) is 4. The van der Waals surface area contributed by atoms with Crippen LogP contribution >= 0.6 is 0 Å². The first kappa shape index (κ1) is 39.3. The number of hydrogen-bond acceptors (Lipinski definition) is 6. The molecule has 2 aliphatic heterocycles. The molecule has 12 heteroatoms. The molecule has 0 radical (unpaired) electrons. The van der Waals surface area contributed by atoms with Gasteiger partial charge in [0.25, 0.3) is 5.91 Å². The number of urea groups is 1. The lowest BCUT2D eigenvalue weighted by Crippen LogP contribution is -2.63. The van der Waals surface area contributed by atoms with Gasteiger partial charge in [-0.2, -0.15) is 0 Å². The summed E-state index contributed by atoms with van der Waals surface area (Å²) in [6.45, 7) is 19.1. The summed E-state index contributed by atoms with van der Waals surface area (Å²) in [5.41, 5.74) is 3.83. The molecule has 3 aliphatic rings. The first-order valence-electron chi connectivity index (χ1n) is 18.0. The van der Waals surface area contributed by atoms with Crippen LogP contribution in [0.3, 0.4) is 0 Å². The number of carbonyl (C=O) groups is 6. The molecule has 272 valence electrons. The lowest BCUT2D eigenvalue weighted by molar-refractivity contribution is -0.143. The summed E-state index contributed by atoms with van der Waals surface area (Å²) in [7, 11) is 0. The maximum Gasteiger partial charge on any atom is 0.316 e. The Balaban J connectivity index is 1.87. The number of ketones is 1. The van der Waals surface area contributed by atoms with Crippen molar-refractivity contribution in [2.45, 2.75) is 144 Å². The van der Waals surface area contributed by atoms with Gasteiger partial charge in [0.05, 0.1) is 6.04 Å². The number of nitrogens with zero attached hydrogens (tertiary/aromatic N) is 2. The molecular formula is C36H62N6O6. The predicted octanol–water partition coefficient (Wildman–Crippen LogP) is 3.51. The fourth-order valence-corrected chi connectivity index (χ4v) is 6.98. The average molecular weight is 675 g/mol. The minimum absolute atomic E-state index is 0.0268. The summed E-state index contributed by atoms with van der Waals surface area (Å²) in [6.07, 6.45) is 7.31. The van der Waals surface area contributed by atoms with Gasteiger partial charge in [0.15, 0.2) is 0 Å². The van der Waals surface area contributed by atoms with Crippen LogP contribution in [0.5, 0.6) is 0 Å². The largest absolute Gasteiger partial charge is 0.363 e. The van der Waals surface area contributed by atoms with Gasteiger partial charge in [0, 0.05) is 19.6 Å². The molecule has 3 fully saturated rings. The molecule has 1 unspecified atom stereocenters. The van der Waals surface area contributed by atoms with Crippen LogP contribution in [0.1, 0.15) is 120 Å². The first-order valence-corrected chi connectivity index (χ1v) is 18.0. The van der Waals surface area contributed by atoms with Crippen molar-refractivity contribution in [1.29, 1.82) is 0 Å². The molecule has 1 aliphatic carbocycles. The molecule has 0 aromatic heterocycles. The van der Waals surface area contributed by atoms with E-state index in [1.54, 1.807) is 4.90 Å². The van der Waals surface area contributed by atoms with E-state index >= 15 is 0 Å². The number of carbonyl (C=O) groups excluding carboxylic acids is 6. The van der Waals surface area contributed by atoms with E-state index in [0.29, 0.717) is 32.5 Å². The molecule has 5 N–H and O–H groups in total. The molecule has 2 heterocycles. The van der Waals surface area contributed by atoms with Crippen molar-refractivity contribution in [3.8, 4) is 0 Å². The second kappa shape index (κ2) is 15.6. The zero-order chi connectivity index (χ0) is 36.2. The molecular weight excluding hydrogens is 612 g/mol. The third-order valence-electron chi connectivity index (χ3n) is 11.0. The molecule has 5 atom stereocenters. The number of piperidine rings is 1. The zero-order valence-corrected chi connectivity index (χ0v) is 30.9. The Morgan fingerprint density at radius 3 is 1.77 bits per heavy atom. The number of nitrogens with two attached hydrogens (primary N) is 1. The molecule has 3 rings (SSSR count). The van der Waals surface area contributed by atoms with Crippen LogP contribution in [0.4, 0.5) is 4.79 Å². The van der Waals surface area contributed by atoms with E-state index in [1.807, 2.05) is 41.5 Å². The van der Waals surface area contributed by atoms with Crippen LogP contribution < -0.4 is 21.7 Å². The van der Waals surface area contributed by atoms with Crippen molar-refractivity contribution >= 4 is 35.4 Å². The van der Waals surface area contributed by atoms with Crippen molar-refractivity contribution < 1.29 is 28.8 Å². The van der Waals surface area contributed by atoms with E-state index in [4.69, 9.17) is 5.73 Å². The van der Waals surface area contributed by atoms with Crippen LogP contribution in [0.25, 0.3) is 0 Å². The fraction of sp³-hybridized carbons (Fsp3) is 0.833. The summed E-state index contributed by atoms with van der Waals surface area (Å²) in [4.78, 5) is 83.7. The predicted molar refractivity (Wildman–Crippen MR) is 184 cm³/mol. The molecule has 48 heavy (non-hydrogen) atoms. The van der Waals surface area contributed by atoms with Crippen molar-refractivity contribution in [3.63, 3.8) is 0 Å². The Morgan fingerprint density at radius 1 is 0.771 bits per heavy atom. The second-order valence-corrected chi connectivity index (χ2v) is 17.2. The van der Waals surface area contributed by atoms with E-state index in [-0.39, 0.29) is 23.2 Å². The molecule has 0 bridgehead atoms. The second-order valence-electron chi connectivity index (χ2n) is 17.2. The first-order chi connectivity index (χ1) is 22.2. The molecule has 0 spiro atoms. The lowest BCUT2D eigenvalue weighted by Gasteiger charge is -2.38. The lowest BCUT2D eigenvalue weighted by atomic mass is 9.75. The molecule has 0 aromatic rings. The van der Waals surface area contributed by atoms with E-state index in [9.17, 15) is 28.8 Å². The summed E-state index contributed by atoms with van der Waals surface area (Å²) >= 11 is 0. The standard InChI is InChI=1S/C36H62N6O6/c1-10-36(8,9)23-20-25(30(45)38-24(26(43)29(37)44)19-22-15-14-16-22)42(21-23)32(47)28(35(5,6)7)40-33(48)39-27(34(2,3)4)31(46)41-17-12-11-13-18-41/h22-25,27-28H,10-21H2,1-9H3,(H2,37,44)(H,38,45)(H2,39,40,48)/t23-,24?,25+,27-,28-/m1/s1. The van der Waals surface area contributed by atoms with E-state index in [1.165, 1.54) is 4.90 Å². The zero-order valence-electron chi connectivity index (χ0n) is 30.9. The number of likely N-dealkylation sites (tertiary alicyclic amines) is 2. The van der Waals surface area contributed by atoms with Crippen molar-refractivity contribution in [3.05, 3.63) is 0 Å². The Hall–Kier alpha value is -3.18. The van der Waals surface area contributed by atoms with Gasteiger partial charge >= 0.3 is 6.03 Å². The molecule has 2 saturated heterocycles.